The van der Waals surface area contributed by atoms with E-state index in [0.717, 1.165) is 32.3 Å². The second-order valence-electron chi connectivity index (χ2n) is 5.88. The summed E-state index contributed by atoms with van der Waals surface area (Å²) in [6, 6.07) is 0.513. The third-order valence-corrected chi connectivity index (χ3v) is 4.27. The average molecular weight is 291 g/mol. The van der Waals surface area contributed by atoms with Gasteiger partial charge in [-0.25, -0.2) is 0 Å². The molecule has 3 N–H and O–H groups in total. The van der Waals surface area contributed by atoms with Gasteiger partial charge in [-0.15, -0.1) is 12.4 Å². The van der Waals surface area contributed by atoms with Crippen molar-refractivity contribution in [3.63, 3.8) is 0 Å². The normalized spacial score (nSPS) is 35.3. The van der Waals surface area contributed by atoms with Crippen molar-refractivity contribution >= 4 is 18.3 Å². The molecular formula is C14H27ClN2O2. The van der Waals surface area contributed by atoms with E-state index in [1.165, 1.54) is 12.8 Å². The fourth-order valence-electron chi connectivity index (χ4n) is 3.14. The summed E-state index contributed by atoms with van der Waals surface area (Å²) in [6.45, 7) is 2.82. The first-order valence-corrected chi connectivity index (χ1v) is 7.31. The molecule has 2 rings (SSSR count). The van der Waals surface area contributed by atoms with E-state index in [9.17, 15) is 4.79 Å². The van der Waals surface area contributed by atoms with E-state index in [-0.39, 0.29) is 30.5 Å². The lowest BCUT2D eigenvalue weighted by Crippen LogP contribution is -2.43. The van der Waals surface area contributed by atoms with Gasteiger partial charge < -0.3 is 15.8 Å². The van der Waals surface area contributed by atoms with Gasteiger partial charge in [0, 0.05) is 25.1 Å². The van der Waals surface area contributed by atoms with Crippen LogP contribution in [0.2, 0.25) is 0 Å². The fourth-order valence-corrected chi connectivity index (χ4v) is 3.14. The number of nitrogens with two attached hydrogens (primary N) is 1. The molecule has 1 aliphatic heterocycles. The Balaban J connectivity index is 0.00000180. The predicted molar refractivity (Wildman–Crippen MR) is 78.4 cm³/mol. The molecule has 0 aromatic carbocycles. The van der Waals surface area contributed by atoms with E-state index < -0.39 is 0 Å². The molecule has 4 atom stereocenters. The second kappa shape index (κ2) is 8.08. The summed E-state index contributed by atoms with van der Waals surface area (Å²) < 4.78 is 5.49. The molecule has 0 radical (unpaired) electrons. The highest BCUT2D eigenvalue weighted by Gasteiger charge is 2.26. The summed E-state index contributed by atoms with van der Waals surface area (Å²) in [5, 5.41) is 3.14. The zero-order valence-corrected chi connectivity index (χ0v) is 12.6. The molecule has 0 bridgehead atoms. The van der Waals surface area contributed by atoms with Crippen LogP contribution in [-0.4, -0.2) is 30.7 Å². The predicted octanol–water partition coefficient (Wildman–Crippen LogP) is 2.00. The van der Waals surface area contributed by atoms with Crippen molar-refractivity contribution in [3.8, 4) is 0 Å². The van der Waals surface area contributed by atoms with Gasteiger partial charge in [-0.1, -0.05) is 12.8 Å². The summed E-state index contributed by atoms with van der Waals surface area (Å²) in [5.41, 5.74) is 6.08. The molecule has 0 aromatic heterocycles. The van der Waals surface area contributed by atoms with Crippen LogP contribution in [0.3, 0.4) is 0 Å². The molecule has 1 aliphatic carbocycles. The van der Waals surface area contributed by atoms with Gasteiger partial charge in [0.05, 0.1) is 6.10 Å². The van der Waals surface area contributed by atoms with Crippen LogP contribution in [0.4, 0.5) is 0 Å². The highest BCUT2D eigenvalue weighted by Crippen LogP contribution is 2.25. The standard InChI is InChI=1S/C14H26N2O2.ClH/c1-10-8-12(6-7-18-10)16-14(17)9-11-4-2-3-5-13(11)15;/h10-13H,2-9,15H2,1H3,(H,16,17);1H. The summed E-state index contributed by atoms with van der Waals surface area (Å²) in [7, 11) is 0. The maximum Gasteiger partial charge on any atom is 0.220 e. The van der Waals surface area contributed by atoms with Crippen LogP contribution in [0.5, 0.6) is 0 Å². The largest absolute Gasteiger partial charge is 0.378 e. The van der Waals surface area contributed by atoms with Gasteiger partial charge >= 0.3 is 0 Å². The fraction of sp³-hybridized carbons (Fsp3) is 0.929. The van der Waals surface area contributed by atoms with Gasteiger partial charge in [0.25, 0.3) is 0 Å². The van der Waals surface area contributed by atoms with E-state index in [1.807, 2.05) is 0 Å². The Morgan fingerprint density at radius 3 is 2.74 bits per heavy atom. The Morgan fingerprint density at radius 2 is 2.05 bits per heavy atom. The molecule has 1 heterocycles. The highest BCUT2D eigenvalue weighted by molar-refractivity contribution is 5.85. The molecule has 2 aliphatic rings. The highest BCUT2D eigenvalue weighted by atomic mass is 35.5. The minimum absolute atomic E-state index is 0. The van der Waals surface area contributed by atoms with Crippen LogP contribution < -0.4 is 11.1 Å². The van der Waals surface area contributed by atoms with E-state index in [1.54, 1.807) is 0 Å². The maximum atomic E-state index is 12.0. The van der Waals surface area contributed by atoms with Crippen LogP contribution in [0.15, 0.2) is 0 Å². The lowest BCUT2D eigenvalue weighted by Gasteiger charge is -2.31. The first kappa shape index (κ1) is 16.7. The number of rotatable bonds is 3. The van der Waals surface area contributed by atoms with E-state index >= 15 is 0 Å². The van der Waals surface area contributed by atoms with Gasteiger partial charge in [0.15, 0.2) is 0 Å². The van der Waals surface area contributed by atoms with Gasteiger partial charge in [-0.05, 0) is 38.5 Å². The smallest absolute Gasteiger partial charge is 0.220 e. The molecule has 1 saturated carbocycles. The minimum Gasteiger partial charge on any atom is -0.378 e. The van der Waals surface area contributed by atoms with Gasteiger partial charge in [-0.2, -0.15) is 0 Å². The number of ether oxygens (including phenoxy) is 1. The molecule has 0 spiro atoms. The van der Waals surface area contributed by atoms with E-state index in [4.69, 9.17) is 10.5 Å². The van der Waals surface area contributed by atoms with Crippen molar-refractivity contribution in [3.05, 3.63) is 0 Å². The van der Waals surface area contributed by atoms with Crippen LogP contribution in [0.1, 0.15) is 51.9 Å². The summed E-state index contributed by atoms with van der Waals surface area (Å²) in [5.74, 6) is 0.562. The lowest BCUT2D eigenvalue weighted by molar-refractivity contribution is -0.124. The van der Waals surface area contributed by atoms with Gasteiger partial charge in [0.2, 0.25) is 5.91 Å². The van der Waals surface area contributed by atoms with Crippen molar-refractivity contribution in [1.82, 2.24) is 5.32 Å². The number of halogens is 1. The first-order valence-electron chi connectivity index (χ1n) is 7.31. The van der Waals surface area contributed by atoms with Crippen molar-refractivity contribution < 1.29 is 9.53 Å². The monoisotopic (exact) mass is 290 g/mol. The molecule has 19 heavy (non-hydrogen) atoms. The van der Waals surface area contributed by atoms with Gasteiger partial charge in [-0.3, -0.25) is 4.79 Å². The summed E-state index contributed by atoms with van der Waals surface area (Å²) >= 11 is 0. The Hall–Kier alpha value is -0.320. The van der Waals surface area contributed by atoms with E-state index in [0.29, 0.717) is 18.4 Å². The van der Waals surface area contributed by atoms with Crippen LogP contribution in [0, 0.1) is 5.92 Å². The van der Waals surface area contributed by atoms with Crippen molar-refractivity contribution in [2.24, 2.45) is 11.7 Å². The average Bonchev–Trinajstić information content (AvgIpc) is 2.32. The molecular weight excluding hydrogens is 264 g/mol. The minimum atomic E-state index is 0. The van der Waals surface area contributed by atoms with Crippen LogP contribution >= 0.6 is 12.4 Å². The molecule has 1 saturated heterocycles. The molecule has 0 aromatic rings. The maximum absolute atomic E-state index is 12.0. The Morgan fingerprint density at radius 1 is 1.32 bits per heavy atom. The topological polar surface area (TPSA) is 64.4 Å². The van der Waals surface area contributed by atoms with Crippen molar-refractivity contribution in [2.75, 3.05) is 6.61 Å². The summed E-state index contributed by atoms with van der Waals surface area (Å²) in [6.07, 6.45) is 7.37. The molecule has 4 nitrogen and oxygen atoms in total. The Kier molecular flexibility index (Phi) is 7.11. The number of hydrogen-bond donors (Lipinski definition) is 2. The third kappa shape index (κ3) is 5.28. The second-order valence-corrected chi connectivity index (χ2v) is 5.88. The van der Waals surface area contributed by atoms with Crippen molar-refractivity contribution in [2.45, 2.75) is 70.1 Å². The Labute approximate surface area is 122 Å². The summed E-state index contributed by atoms with van der Waals surface area (Å²) in [4.78, 5) is 12.0. The number of carbonyl (C=O) groups excluding carboxylic acids is 1. The third-order valence-electron chi connectivity index (χ3n) is 4.27. The zero-order valence-electron chi connectivity index (χ0n) is 11.8. The quantitative estimate of drug-likeness (QED) is 0.835. The Bertz CT molecular complexity index is 289. The lowest BCUT2D eigenvalue weighted by atomic mass is 9.83. The SMILES string of the molecule is CC1CC(NC(=O)CC2CCCCC2N)CCO1.Cl. The van der Waals surface area contributed by atoms with E-state index in [2.05, 4.69) is 12.2 Å². The number of hydrogen-bond acceptors (Lipinski definition) is 3. The van der Waals surface area contributed by atoms with Crippen molar-refractivity contribution in [1.29, 1.82) is 0 Å². The van der Waals surface area contributed by atoms with Gasteiger partial charge in [0.1, 0.15) is 0 Å². The molecule has 5 heteroatoms. The van der Waals surface area contributed by atoms with Crippen LogP contribution in [0.25, 0.3) is 0 Å². The zero-order chi connectivity index (χ0) is 13.0. The molecule has 4 unspecified atom stereocenters. The number of amides is 1. The molecule has 112 valence electrons. The first-order chi connectivity index (χ1) is 8.65. The number of carbonyl (C=O) groups is 1. The molecule has 1 amide bonds. The number of nitrogens with one attached hydrogen (secondary N) is 1. The van der Waals surface area contributed by atoms with Crippen LogP contribution in [-0.2, 0) is 9.53 Å². The molecule has 2 fully saturated rings.